The Balaban J connectivity index is 2.16. The van der Waals surface area contributed by atoms with Gasteiger partial charge in [0.2, 0.25) is 5.95 Å². The summed E-state index contributed by atoms with van der Waals surface area (Å²) in [6.45, 7) is 2.85. The van der Waals surface area contributed by atoms with Crippen molar-refractivity contribution < 1.29 is 4.21 Å². The maximum atomic E-state index is 11.0. The SMILES string of the molecule is CCc1cc2c(NCCCS(C)=O)nc(N)nc2s1. The number of hydrogen-bond donors (Lipinski definition) is 2. The number of nitrogens with zero attached hydrogens (tertiary/aromatic N) is 2. The molecule has 0 fully saturated rings. The molecule has 0 spiro atoms. The highest BCUT2D eigenvalue weighted by atomic mass is 32.2. The first-order valence-electron chi connectivity index (χ1n) is 6.20. The Morgan fingerprint density at radius 3 is 2.95 bits per heavy atom. The first kappa shape index (κ1) is 14.2. The standard InChI is InChI=1S/C12H18N4OS2/c1-3-8-7-9-10(14-5-4-6-19(2)17)15-12(13)16-11(9)18-8/h7H,3-6H2,1-2H3,(H3,13,14,15,16). The molecule has 5 nitrogen and oxygen atoms in total. The molecular weight excluding hydrogens is 280 g/mol. The Hall–Kier alpha value is -1.21. The average Bonchev–Trinajstić information content (AvgIpc) is 2.77. The van der Waals surface area contributed by atoms with Crippen LogP contribution in [-0.2, 0) is 17.2 Å². The molecule has 0 saturated heterocycles. The van der Waals surface area contributed by atoms with E-state index in [0.29, 0.717) is 11.7 Å². The maximum Gasteiger partial charge on any atom is 0.223 e. The van der Waals surface area contributed by atoms with E-state index < -0.39 is 10.8 Å². The van der Waals surface area contributed by atoms with E-state index in [-0.39, 0.29) is 0 Å². The van der Waals surface area contributed by atoms with E-state index in [9.17, 15) is 4.21 Å². The second-order valence-electron chi connectivity index (χ2n) is 4.27. The molecule has 0 aliphatic rings. The van der Waals surface area contributed by atoms with Crippen LogP contribution in [0.2, 0.25) is 0 Å². The number of nitrogens with two attached hydrogens (primary N) is 1. The van der Waals surface area contributed by atoms with Gasteiger partial charge < -0.3 is 11.1 Å². The van der Waals surface area contributed by atoms with Gasteiger partial charge in [0.1, 0.15) is 10.6 Å². The minimum Gasteiger partial charge on any atom is -0.369 e. The monoisotopic (exact) mass is 298 g/mol. The van der Waals surface area contributed by atoms with Gasteiger partial charge in [0.25, 0.3) is 0 Å². The minimum absolute atomic E-state index is 0.290. The van der Waals surface area contributed by atoms with Gasteiger partial charge in [-0.3, -0.25) is 4.21 Å². The number of thiophene rings is 1. The predicted molar refractivity (Wildman–Crippen MR) is 83.2 cm³/mol. The Morgan fingerprint density at radius 1 is 1.47 bits per heavy atom. The van der Waals surface area contributed by atoms with Gasteiger partial charge in [0.15, 0.2) is 0 Å². The van der Waals surface area contributed by atoms with Crippen molar-refractivity contribution in [2.75, 3.05) is 29.6 Å². The van der Waals surface area contributed by atoms with E-state index in [1.54, 1.807) is 17.6 Å². The van der Waals surface area contributed by atoms with Crippen LogP contribution >= 0.6 is 11.3 Å². The normalized spacial score (nSPS) is 12.7. The summed E-state index contributed by atoms with van der Waals surface area (Å²) in [5.74, 6) is 1.76. The van der Waals surface area contributed by atoms with Crippen LogP contribution in [0.15, 0.2) is 6.07 Å². The van der Waals surface area contributed by atoms with E-state index in [0.717, 1.165) is 35.4 Å². The third-order valence-electron chi connectivity index (χ3n) is 2.71. The zero-order chi connectivity index (χ0) is 13.8. The van der Waals surface area contributed by atoms with Crippen molar-refractivity contribution in [2.24, 2.45) is 0 Å². The second-order valence-corrected chi connectivity index (χ2v) is 6.94. The molecule has 0 aliphatic carbocycles. The van der Waals surface area contributed by atoms with Gasteiger partial charge in [-0.15, -0.1) is 11.3 Å². The van der Waals surface area contributed by atoms with Crippen LogP contribution in [0.25, 0.3) is 10.2 Å². The van der Waals surface area contributed by atoms with Crippen molar-refractivity contribution in [3.63, 3.8) is 0 Å². The van der Waals surface area contributed by atoms with Crippen molar-refractivity contribution >= 4 is 44.1 Å². The molecule has 7 heteroatoms. The van der Waals surface area contributed by atoms with Crippen molar-refractivity contribution in [2.45, 2.75) is 19.8 Å². The molecule has 0 radical (unpaired) electrons. The summed E-state index contributed by atoms with van der Waals surface area (Å²) in [5.41, 5.74) is 5.72. The van der Waals surface area contributed by atoms with Crippen molar-refractivity contribution in [1.29, 1.82) is 0 Å². The Bertz CT molecular complexity index is 597. The summed E-state index contributed by atoms with van der Waals surface area (Å²) in [5, 5.41) is 4.28. The number of nitrogens with one attached hydrogen (secondary N) is 1. The van der Waals surface area contributed by atoms with Crippen LogP contribution in [0.1, 0.15) is 18.2 Å². The van der Waals surface area contributed by atoms with Crippen LogP contribution in [0.3, 0.4) is 0 Å². The fourth-order valence-electron chi connectivity index (χ4n) is 1.78. The molecule has 1 atom stereocenters. The second kappa shape index (κ2) is 6.29. The van der Waals surface area contributed by atoms with Crippen molar-refractivity contribution in [1.82, 2.24) is 9.97 Å². The fourth-order valence-corrected chi connectivity index (χ4v) is 3.30. The summed E-state index contributed by atoms with van der Waals surface area (Å²) >= 11 is 1.65. The van der Waals surface area contributed by atoms with Crippen molar-refractivity contribution in [3.05, 3.63) is 10.9 Å². The summed E-state index contributed by atoms with van der Waals surface area (Å²) in [6.07, 6.45) is 3.54. The molecule has 2 heterocycles. The Kier molecular flexibility index (Phi) is 4.71. The van der Waals surface area contributed by atoms with Gasteiger partial charge in [-0.05, 0) is 18.9 Å². The Labute approximate surface area is 119 Å². The highest BCUT2D eigenvalue weighted by Crippen LogP contribution is 2.29. The summed E-state index contributed by atoms with van der Waals surface area (Å²) in [4.78, 5) is 10.7. The first-order valence-corrected chi connectivity index (χ1v) is 8.74. The van der Waals surface area contributed by atoms with E-state index in [4.69, 9.17) is 5.73 Å². The van der Waals surface area contributed by atoms with Gasteiger partial charge in [-0.1, -0.05) is 6.92 Å². The molecule has 1 unspecified atom stereocenters. The summed E-state index contributed by atoms with van der Waals surface area (Å²) in [7, 11) is -0.748. The molecule has 3 N–H and O–H groups in total. The van der Waals surface area contributed by atoms with Crippen LogP contribution < -0.4 is 11.1 Å². The van der Waals surface area contributed by atoms with Crippen LogP contribution in [0.4, 0.5) is 11.8 Å². The fraction of sp³-hybridized carbons (Fsp3) is 0.500. The Morgan fingerprint density at radius 2 is 2.26 bits per heavy atom. The summed E-state index contributed by atoms with van der Waals surface area (Å²) < 4.78 is 11.0. The molecule has 0 saturated carbocycles. The van der Waals surface area contributed by atoms with E-state index in [1.165, 1.54) is 4.88 Å². The van der Waals surface area contributed by atoms with Gasteiger partial charge in [0.05, 0.1) is 5.39 Å². The lowest BCUT2D eigenvalue weighted by atomic mass is 10.3. The average molecular weight is 298 g/mol. The molecule has 2 aromatic heterocycles. The van der Waals surface area contributed by atoms with Crippen LogP contribution in [-0.4, -0.2) is 32.7 Å². The number of fused-ring (bicyclic) bond motifs is 1. The number of nitrogen functional groups attached to an aromatic ring is 1. The zero-order valence-electron chi connectivity index (χ0n) is 11.1. The first-order chi connectivity index (χ1) is 9.10. The molecule has 0 aromatic carbocycles. The van der Waals surface area contributed by atoms with E-state index in [1.807, 2.05) is 0 Å². The molecular formula is C12H18N4OS2. The van der Waals surface area contributed by atoms with Crippen LogP contribution in [0, 0.1) is 0 Å². The molecule has 2 aromatic rings. The predicted octanol–water partition coefficient (Wildman–Crippen LogP) is 2.02. The molecule has 2 rings (SSSR count). The lowest BCUT2D eigenvalue weighted by molar-refractivity contribution is 0.685. The smallest absolute Gasteiger partial charge is 0.223 e. The molecule has 0 amide bonds. The zero-order valence-corrected chi connectivity index (χ0v) is 12.7. The van der Waals surface area contributed by atoms with Crippen LogP contribution in [0.5, 0.6) is 0 Å². The van der Waals surface area contributed by atoms with Gasteiger partial charge in [-0.2, -0.15) is 4.98 Å². The highest BCUT2D eigenvalue weighted by molar-refractivity contribution is 7.84. The van der Waals surface area contributed by atoms with Gasteiger partial charge >= 0.3 is 0 Å². The molecule has 19 heavy (non-hydrogen) atoms. The number of hydrogen-bond acceptors (Lipinski definition) is 6. The topological polar surface area (TPSA) is 80.9 Å². The van der Waals surface area contributed by atoms with Gasteiger partial charge in [-0.25, -0.2) is 4.98 Å². The number of aromatic nitrogens is 2. The number of aryl methyl sites for hydroxylation is 1. The van der Waals surface area contributed by atoms with E-state index >= 15 is 0 Å². The lowest BCUT2D eigenvalue weighted by Crippen LogP contribution is -2.08. The third kappa shape index (κ3) is 3.63. The van der Waals surface area contributed by atoms with E-state index in [2.05, 4.69) is 28.3 Å². The van der Waals surface area contributed by atoms with Crippen molar-refractivity contribution in [3.8, 4) is 0 Å². The quantitative estimate of drug-likeness (QED) is 0.797. The molecule has 0 aliphatic heterocycles. The largest absolute Gasteiger partial charge is 0.369 e. The highest BCUT2D eigenvalue weighted by Gasteiger charge is 2.09. The number of anilines is 2. The van der Waals surface area contributed by atoms with Gasteiger partial charge in [0, 0.05) is 34.2 Å². The third-order valence-corrected chi connectivity index (χ3v) is 4.75. The molecule has 0 bridgehead atoms. The maximum absolute atomic E-state index is 11.0. The minimum atomic E-state index is -0.748. The molecule has 104 valence electrons. The number of rotatable bonds is 6. The summed E-state index contributed by atoms with van der Waals surface area (Å²) in [6, 6.07) is 2.11. The lowest BCUT2D eigenvalue weighted by Gasteiger charge is -2.06.